The maximum Gasteiger partial charge on any atom is 0.289 e. The van der Waals surface area contributed by atoms with Crippen molar-refractivity contribution >= 4 is 67.2 Å². The van der Waals surface area contributed by atoms with Gasteiger partial charge in [-0.1, -0.05) is 96.9 Å². The number of hydrogen-bond donors (Lipinski definition) is 2. The predicted molar refractivity (Wildman–Crippen MR) is 193 cm³/mol. The van der Waals surface area contributed by atoms with Crippen LogP contribution in [0.1, 0.15) is 43.7 Å². The first-order chi connectivity index (χ1) is 24.0. The Morgan fingerprint density at radius 3 is 2.28 bits per heavy atom. The molecule has 2 amide bonds. The van der Waals surface area contributed by atoms with Gasteiger partial charge in [-0.3, -0.25) is 19.2 Å². The van der Waals surface area contributed by atoms with Crippen molar-refractivity contribution in [2.75, 3.05) is 13.1 Å². The van der Waals surface area contributed by atoms with Crippen LogP contribution in [0.2, 0.25) is 10.0 Å². The summed E-state index contributed by atoms with van der Waals surface area (Å²) >= 11 is 12.4. The van der Waals surface area contributed by atoms with Crippen LogP contribution >= 0.6 is 23.2 Å². The molecule has 4 aromatic rings. The molecule has 1 saturated heterocycles. The molecule has 260 valence electrons. The van der Waals surface area contributed by atoms with E-state index in [1.54, 1.807) is 43.3 Å². The number of amides is 2. The van der Waals surface area contributed by atoms with Crippen molar-refractivity contribution in [3.63, 3.8) is 0 Å². The fourth-order valence-electron chi connectivity index (χ4n) is 6.83. The lowest BCUT2D eigenvalue weighted by molar-refractivity contribution is -0.140. The molecule has 1 saturated carbocycles. The van der Waals surface area contributed by atoms with Gasteiger partial charge in [-0.15, -0.1) is 0 Å². The maximum absolute atomic E-state index is 14.3. The minimum atomic E-state index is -4.02. The largest absolute Gasteiger partial charge is 0.345 e. The summed E-state index contributed by atoms with van der Waals surface area (Å²) in [6, 6.07) is 24.5. The Bertz CT molecular complexity index is 2060. The van der Waals surface area contributed by atoms with E-state index in [2.05, 4.69) is 10.6 Å². The second-order valence-electron chi connectivity index (χ2n) is 12.9. The number of carbonyl (C=O) groups is 4. The summed E-state index contributed by atoms with van der Waals surface area (Å²) in [7, 11) is -4.02. The van der Waals surface area contributed by atoms with Gasteiger partial charge in [0.2, 0.25) is 11.7 Å². The van der Waals surface area contributed by atoms with E-state index in [1.807, 2.05) is 42.5 Å². The van der Waals surface area contributed by atoms with Crippen molar-refractivity contribution in [3.05, 3.63) is 112 Å². The van der Waals surface area contributed by atoms with Crippen molar-refractivity contribution < 1.29 is 27.6 Å². The number of benzene rings is 4. The van der Waals surface area contributed by atoms with E-state index < -0.39 is 50.1 Å². The number of nitrogens with zero attached hydrogens (tertiary/aromatic N) is 1. The predicted octanol–water partition coefficient (Wildman–Crippen LogP) is 5.44. The van der Waals surface area contributed by atoms with Crippen LogP contribution < -0.4 is 10.6 Å². The Morgan fingerprint density at radius 1 is 0.900 bits per heavy atom. The van der Waals surface area contributed by atoms with Crippen LogP contribution in [0.3, 0.4) is 0 Å². The number of nitrogens with one attached hydrogen (secondary N) is 2. The third-order valence-electron chi connectivity index (χ3n) is 9.82. The Hall–Kier alpha value is -4.09. The third kappa shape index (κ3) is 7.07. The fraction of sp³-hybridized carbons (Fsp3) is 0.316. The summed E-state index contributed by atoms with van der Waals surface area (Å²) in [6.07, 6.45) is 1.19. The number of halogens is 2. The van der Waals surface area contributed by atoms with Crippen LogP contribution in [0.15, 0.2) is 95.9 Å². The minimum Gasteiger partial charge on any atom is -0.345 e. The summed E-state index contributed by atoms with van der Waals surface area (Å²) in [4.78, 5) is 55.7. The maximum atomic E-state index is 14.3. The molecular weight excluding hydrogens is 697 g/mol. The summed E-state index contributed by atoms with van der Waals surface area (Å²) in [5.74, 6) is -2.29. The molecule has 0 aromatic heterocycles. The fourth-order valence-corrected chi connectivity index (χ4v) is 9.18. The average Bonchev–Trinajstić information content (AvgIpc) is 3.80. The van der Waals surface area contributed by atoms with Crippen molar-refractivity contribution in [1.82, 2.24) is 15.5 Å². The van der Waals surface area contributed by atoms with Crippen LogP contribution in [-0.2, 0) is 41.0 Å². The van der Waals surface area contributed by atoms with Crippen molar-refractivity contribution in [2.45, 2.75) is 66.8 Å². The highest BCUT2D eigenvalue weighted by Gasteiger charge is 2.57. The van der Waals surface area contributed by atoms with Gasteiger partial charge in [0.15, 0.2) is 15.6 Å². The lowest BCUT2D eigenvalue weighted by Crippen LogP contribution is -2.51. The molecule has 0 radical (unpaired) electrons. The Kier molecular flexibility index (Phi) is 10.5. The summed E-state index contributed by atoms with van der Waals surface area (Å²) < 4.78 is 27.6. The molecule has 2 N–H and O–H groups in total. The van der Waals surface area contributed by atoms with Crippen LogP contribution in [0, 0.1) is 0 Å². The molecule has 0 bridgehead atoms. The lowest BCUT2D eigenvalue weighted by Gasteiger charge is -2.29. The van der Waals surface area contributed by atoms with Crippen LogP contribution in [-0.4, -0.2) is 67.1 Å². The van der Waals surface area contributed by atoms with Gasteiger partial charge in [0.05, 0.1) is 39.2 Å². The normalized spacial score (nSPS) is 18.8. The summed E-state index contributed by atoms with van der Waals surface area (Å²) in [6.45, 7) is 1.34. The molecule has 0 unspecified atom stereocenters. The molecule has 3 atom stereocenters. The van der Waals surface area contributed by atoms with Crippen molar-refractivity contribution in [2.24, 2.45) is 0 Å². The van der Waals surface area contributed by atoms with E-state index in [1.165, 1.54) is 17.0 Å². The molecule has 2 fully saturated rings. The number of likely N-dealkylation sites (tertiary alicyclic amines) is 1. The van der Waals surface area contributed by atoms with Crippen LogP contribution in [0.4, 0.5) is 0 Å². The zero-order valence-electron chi connectivity index (χ0n) is 27.4. The Morgan fingerprint density at radius 2 is 1.58 bits per heavy atom. The van der Waals surface area contributed by atoms with E-state index in [-0.39, 0.29) is 48.3 Å². The first-order valence-corrected chi connectivity index (χ1v) is 18.9. The van der Waals surface area contributed by atoms with E-state index in [0.717, 1.165) is 21.9 Å². The van der Waals surface area contributed by atoms with Crippen LogP contribution in [0.25, 0.3) is 10.8 Å². The second kappa shape index (κ2) is 14.6. The Labute approximate surface area is 301 Å². The Balaban J connectivity index is 1.17. The van der Waals surface area contributed by atoms with Gasteiger partial charge in [-0.2, -0.15) is 0 Å². The molecular formula is C38H37Cl2N3O6S. The quantitative estimate of drug-likeness (QED) is 0.175. The first kappa shape index (κ1) is 35.7. The number of carbonyl (C=O) groups excluding carboxylic acids is 4. The number of rotatable bonds is 13. The number of sulfone groups is 1. The molecule has 2 aliphatic rings. The minimum absolute atomic E-state index is 0.0599. The van der Waals surface area contributed by atoms with Crippen LogP contribution in [0.5, 0.6) is 0 Å². The number of hydrogen-bond acceptors (Lipinski definition) is 7. The molecule has 50 heavy (non-hydrogen) atoms. The molecule has 4 aromatic carbocycles. The first-order valence-electron chi connectivity index (χ1n) is 16.6. The summed E-state index contributed by atoms with van der Waals surface area (Å²) in [5, 5.41) is 7.10. The topological polar surface area (TPSA) is 130 Å². The number of ketones is 2. The average molecular weight is 735 g/mol. The SMILES string of the molecule is CC[C@H](NCC(=O)[C@@H]1C[C@@H](S(=O)(=O)c2ccccc2Cl)CN1C(=O)C1(c2ccc(Cl)cc2)CC1)C(=O)C(=O)NCc1cccc2ccccc12. The zero-order valence-corrected chi connectivity index (χ0v) is 29.7. The number of fused-ring (bicyclic) bond motifs is 1. The van der Waals surface area contributed by atoms with Gasteiger partial charge < -0.3 is 15.5 Å². The summed E-state index contributed by atoms with van der Waals surface area (Å²) in [5.41, 5.74) is 0.725. The molecule has 1 aliphatic carbocycles. The van der Waals surface area contributed by atoms with E-state index in [4.69, 9.17) is 23.2 Å². The third-order valence-corrected chi connectivity index (χ3v) is 12.7. The number of Topliss-reactive ketones (excluding diaryl/α,β-unsaturated/α-hetero) is 2. The van der Waals surface area contributed by atoms with Crippen molar-refractivity contribution in [1.29, 1.82) is 0 Å². The van der Waals surface area contributed by atoms with E-state index >= 15 is 0 Å². The van der Waals surface area contributed by atoms with E-state index in [0.29, 0.717) is 17.9 Å². The van der Waals surface area contributed by atoms with E-state index in [9.17, 15) is 27.6 Å². The molecule has 1 aliphatic heterocycles. The zero-order chi connectivity index (χ0) is 35.6. The van der Waals surface area contributed by atoms with Gasteiger partial charge in [-0.25, -0.2) is 8.42 Å². The smallest absolute Gasteiger partial charge is 0.289 e. The van der Waals surface area contributed by atoms with Crippen molar-refractivity contribution in [3.8, 4) is 0 Å². The molecule has 9 nitrogen and oxygen atoms in total. The van der Waals surface area contributed by atoms with Gasteiger partial charge >= 0.3 is 0 Å². The second-order valence-corrected chi connectivity index (χ2v) is 15.9. The molecule has 1 heterocycles. The molecule has 6 rings (SSSR count). The van der Waals surface area contributed by atoms with Gasteiger partial charge in [0, 0.05) is 18.1 Å². The highest BCUT2D eigenvalue weighted by Crippen LogP contribution is 2.51. The molecule has 0 spiro atoms. The van der Waals surface area contributed by atoms with Gasteiger partial charge in [-0.05, 0) is 71.8 Å². The standard InChI is InChI=1S/C38H37Cl2N3O6S/c1-2-31(35(45)36(46)42-21-25-10-7-9-24-8-3-4-11-29(24)25)41-22-33(44)32-20-28(50(48,49)34-13-6-5-12-30(34)40)23-43(32)37(47)38(18-19-38)26-14-16-27(39)17-15-26/h3-17,28,31-32,41H,2,18-23H2,1H3,(H,42,46)/t28-,31+,32+/m1/s1. The monoisotopic (exact) mass is 733 g/mol. The molecule has 12 heteroatoms. The van der Waals surface area contributed by atoms with Gasteiger partial charge in [0.1, 0.15) is 0 Å². The highest BCUT2D eigenvalue weighted by atomic mass is 35.5. The lowest BCUT2D eigenvalue weighted by atomic mass is 9.93. The van der Waals surface area contributed by atoms with Gasteiger partial charge in [0.25, 0.3) is 5.91 Å². The highest BCUT2D eigenvalue weighted by molar-refractivity contribution is 7.92.